The van der Waals surface area contributed by atoms with E-state index < -0.39 is 0 Å². The summed E-state index contributed by atoms with van der Waals surface area (Å²) in [6.45, 7) is 5.37. The van der Waals surface area contributed by atoms with Gasteiger partial charge in [-0.25, -0.2) is 4.98 Å². The van der Waals surface area contributed by atoms with Gasteiger partial charge in [0, 0.05) is 23.8 Å². The van der Waals surface area contributed by atoms with Gasteiger partial charge in [-0.2, -0.15) is 5.10 Å². The molecule has 1 N–H and O–H groups in total. The van der Waals surface area contributed by atoms with E-state index in [2.05, 4.69) is 27.2 Å². The highest BCUT2D eigenvalue weighted by atomic mass is 16.5. The van der Waals surface area contributed by atoms with Crippen LogP contribution in [0.1, 0.15) is 23.6 Å². The van der Waals surface area contributed by atoms with Gasteiger partial charge in [0.25, 0.3) is 5.56 Å². The second-order valence-corrected chi connectivity index (χ2v) is 7.53. The average Bonchev–Trinajstić information content (AvgIpc) is 3.38. The van der Waals surface area contributed by atoms with Crippen LogP contribution in [-0.2, 0) is 4.74 Å². The minimum atomic E-state index is -0.129. The highest BCUT2D eigenvalue weighted by Gasteiger charge is 2.22. The molecular weight excluding hydrogens is 368 g/mol. The van der Waals surface area contributed by atoms with Crippen LogP contribution in [0.3, 0.4) is 0 Å². The number of aromatic nitrogens is 4. The van der Waals surface area contributed by atoms with E-state index in [0.717, 1.165) is 51.7 Å². The maximum absolute atomic E-state index is 12.7. The van der Waals surface area contributed by atoms with E-state index in [9.17, 15) is 4.79 Å². The van der Waals surface area contributed by atoms with Crippen LogP contribution in [0, 0.1) is 13.8 Å². The Bertz CT molecular complexity index is 1300. The van der Waals surface area contributed by atoms with Gasteiger partial charge in [-0.1, -0.05) is 12.1 Å². The van der Waals surface area contributed by atoms with Crippen LogP contribution < -0.4 is 10.3 Å². The zero-order valence-electron chi connectivity index (χ0n) is 16.7. The summed E-state index contributed by atoms with van der Waals surface area (Å²) < 4.78 is 12.9. The smallest absolute Gasteiger partial charge is 0.259 e. The van der Waals surface area contributed by atoms with Crippen molar-refractivity contribution in [2.45, 2.75) is 26.3 Å². The molecule has 1 atom stereocenters. The fourth-order valence-corrected chi connectivity index (χ4v) is 4.36. The number of hydrogen-bond donors (Lipinski definition) is 1. The standard InChI is InChI=1S/C22H22N4O3/c1-12-9-23-22(28-3)13(2)19(12)14-4-5-16-18(8-14)25-21(27)17-10-24-26(20(16)17)15-6-7-29-11-15/h4-5,8-10,15H,6-7,11H2,1-3H3,(H,25,27). The Morgan fingerprint density at radius 1 is 1.24 bits per heavy atom. The molecule has 0 amide bonds. The number of H-pyrrole nitrogens is 1. The minimum absolute atomic E-state index is 0.129. The van der Waals surface area contributed by atoms with Crippen molar-refractivity contribution in [1.82, 2.24) is 19.7 Å². The molecule has 0 spiro atoms. The molecule has 1 aliphatic rings. The SMILES string of the molecule is COc1ncc(C)c(-c2ccc3c(c2)[nH]c(=O)c2cnn(C4CCOC4)c23)c1C. The van der Waals surface area contributed by atoms with Gasteiger partial charge in [-0.15, -0.1) is 0 Å². The van der Waals surface area contributed by atoms with Gasteiger partial charge in [0.15, 0.2) is 0 Å². The Balaban J connectivity index is 1.76. The number of nitrogens with zero attached hydrogens (tertiary/aromatic N) is 3. The maximum atomic E-state index is 12.7. The number of benzene rings is 1. The molecule has 1 aliphatic heterocycles. The molecular formula is C22H22N4O3. The molecule has 0 aliphatic carbocycles. The topological polar surface area (TPSA) is 82.0 Å². The van der Waals surface area contributed by atoms with Crippen molar-refractivity contribution in [3.8, 4) is 17.0 Å². The van der Waals surface area contributed by atoms with Gasteiger partial charge in [-0.3, -0.25) is 9.48 Å². The summed E-state index contributed by atoms with van der Waals surface area (Å²) in [6.07, 6.45) is 4.37. The number of rotatable bonds is 3. The molecule has 1 fully saturated rings. The molecule has 5 rings (SSSR count). The van der Waals surface area contributed by atoms with Crippen LogP contribution >= 0.6 is 0 Å². The van der Waals surface area contributed by atoms with Crippen LogP contribution in [0.4, 0.5) is 0 Å². The number of fused-ring (bicyclic) bond motifs is 3. The van der Waals surface area contributed by atoms with E-state index in [1.165, 1.54) is 0 Å². The number of methoxy groups -OCH3 is 1. The van der Waals surface area contributed by atoms with Crippen molar-refractivity contribution in [3.63, 3.8) is 0 Å². The van der Waals surface area contributed by atoms with Gasteiger partial charge in [-0.05, 0) is 43.0 Å². The first kappa shape index (κ1) is 17.9. The van der Waals surface area contributed by atoms with Crippen molar-refractivity contribution in [1.29, 1.82) is 0 Å². The monoisotopic (exact) mass is 390 g/mol. The highest BCUT2D eigenvalue weighted by Crippen LogP contribution is 2.34. The summed E-state index contributed by atoms with van der Waals surface area (Å²) in [5.74, 6) is 0.606. The van der Waals surface area contributed by atoms with Gasteiger partial charge in [0.1, 0.15) is 0 Å². The fourth-order valence-electron chi connectivity index (χ4n) is 4.36. The molecule has 148 valence electrons. The first-order valence-electron chi connectivity index (χ1n) is 9.70. The summed E-state index contributed by atoms with van der Waals surface area (Å²) in [5, 5.41) is 6.09. The minimum Gasteiger partial charge on any atom is -0.481 e. The fraction of sp³-hybridized carbons (Fsp3) is 0.318. The van der Waals surface area contributed by atoms with Crippen LogP contribution in [0.15, 0.2) is 35.4 Å². The normalized spacial score (nSPS) is 16.7. The summed E-state index contributed by atoms with van der Waals surface area (Å²) in [4.78, 5) is 20.1. The predicted molar refractivity (Wildman–Crippen MR) is 112 cm³/mol. The Morgan fingerprint density at radius 2 is 2.10 bits per heavy atom. The largest absolute Gasteiger partial charge is 0.481 e. The Hall–Kier alpha value is -3.19. The lowest BCUT2D eigenvalue weighted by molar-refractivity contribution is 0.185. The lowest BCUT2D eigenvalue weighted by Gasteiger charge is -2.14. The van der Waals surface area contributed by atoms with Gasteiger partial charge >= 0.3 is 0 Å². The van der Waals surface area contributed by atoms with Crippen molar-refractivity contribution in [2.24, 2.45) is 0 Å². The molecule has 7 nitrogen and oxygen atoms in total. The third-order valence-corrected chi connectivity index (χ3v) is 5.76. The number of pyridine rings is 2. The number of hydrogen-bond acceptors (Lipinski definition) is 5. The lowest BCUT2D eigenvalue weighted by Crippen LogP contribution is -2.12. The van der Waals surface area contributed by atoms with E-state index in [-0.39, 0.29) is 11.6 Å². The molecule has 0 bridgehead atoms. The molecule has 1 unspecified atom stereocenters. The molecule has 7 heteroatoms. The molecule has 4 aromatic rings. The number of aryl methyl sites for hydroxylation is 1. The third kappa shape index (κ3) is 2.73. The van der Waals surface area contributed by atoms with Crippen LogP contribution in [0.5, 0.6) is 5.88 Å². The van der Waals surface area contributed by atoms with E-state index in [4.69, 9.17) is 9.47 Å². The third-order valence-electron chi connectivity index (χ3n) is 5.76. The number of ether oxygens (including phenoxy) is 2. The van der Waals surface area contributed by atoms with Gasteiger partial charge in [0.2, 0.25) is 5.88 Å². The highest BCUT2D eigenvalue weighted by molar-refractivity contribution is 6.04. The number of aromatic amines is 1. The van der Waals surface area contributed by atoms with E-state index in [1.54, 1.807) is 13.3 Å². The molecule has 3 aromatic heterocycles. The van der Waals surface area contributed by atoms with Gasteiger partial charge in [0.05, 0.1) is 42.4 Å². The molecule has 29 heavy (non-hydrogen) atoms. The first-order chi connectivity index (χ1) is 14.1. The predicted octanol–water partition coefficient (Wildman–Crippen LogP) is 3.53. The zero-order valence-corrected chi connectivity index (χ0v) is 16.7. The summed E-state index contributed by atoms with van der Waals surface area (Å²) in [5.41, 5.74) is 5.64. The Kier molecular flexibility index (Phi) is 4.13. The van der Waals surface area contributed by atoms with Crippen LogP contribution in [0.25, 0.3) is 32.9 Å². The maximum Gasteiger partial charge on any atom is 0.259 e. The second-order valence-electron chi connectivity index (χ2n) is 7.53. The summed E-state index contributed by atoms with van der Waals surface area (Å²) in [7, 11) is 1.62. The molecule has 1 aromatic carbocycles. The lowest BCUT2D eigenvalue weighted by atomic mass is 9.96. The molecule has 0 radical (unpaired) electrons. The van der Waals surface area contributed by atoms with Crippen LogP contribution in [0.2, 0.25) is 0 Å². The zero-order chi connectivity index (χ0) is 20.1. The van der Waals surface area contributed by atoms with Crippen LogP contribution in [-0.4, -0.2) is 40.1 Å². The molecule has 0 saturated carbocycles. The van der Waals surface area contributed by atoms with E-state index in [0.29, 0.717) is 17.9 Å². The van der Waals surface area contributed by atoms with Crippen molar-refractivity contribution >= 4 is 21.8 Å². The second kappa shape index (κ2) is 6.70. The summed E-state index contributed by atoms with van der Waals surface area (Å²) >= 11 is 0. The number of nitrogens with one attached hydrogen (secondary N) is 1. The summed E-state index contributed by atoms with van der Waals surface area (Å²) in [6, 6.07) is 6.32. The van der Waals surface area contributed by atoms with Crippen molar-refractivity contribution in [2.75, 3.05) is 20.3 Å². The van der Waals surface area contributed by atoms with E-state index in [1.807, 2.05) is 30.8 Å². The molecule has 4 heterocycles. The Labute approximate surface area is 167 Å². The quantitative estimate of drug-likeness (QED) is 0.579. The average molecular weight is 390 g/mol. The van der Waals surface area contributed by atoms with Crippen molar-refractivity contribution < 1.29 is 9.47 Å². The molecule has 1 saturated heterocycles. The van der Waals surface area contributed by atoms with Crippen molar-refractivity contribution in [3.05, 3.63) is 52.1 Å². The van der Waals surface area contributed by atoms with E-state index >= 15 is 0 Å². The van der Waals surface area contributed by atoms with Gasteiger partial charge < -0.3 is 14.5 Å². The Morgan fingerprint density at radius 3 is 2.86 bits per heavy atom. The first-order valence-corrected chi connectivity index (χ1v) is 9.70.